The molecule has 1 amide bonds. The third-order valence-corrected chi connectivity index (χ3v) is 7.49. The average Bonchev–Trinajstić information content (AvgIpc) is 3.65. The van der Waals surface area contributed by atoms with Gasteiger partial charge in [-0.3, -0.25) is 29.6 Å². The predicted octanol–water partition coefficient (Wildman–Crippen LogP) is 5.87. The number of aromatic nitrogens is 7. The molecule has 0 spiro atoms. The fourth-order valence-corrected chi connectivity index (χ4v) is 5.11. The number of nitrogens with one attached hydrogen (secondary N) is 3. The van der Waals surface area contributed by atoms with Crippen LogP contribution in [0.15, 0.2) is 55.2 Å². The van der Waals surface area contributed by atoms with Crippen LogP contribution in [0.1, 0.15) is 37.4 Å². The molecule has 0 saturated carbocycles. The summed E-state index contributed by atoms with van der Waals surface area (Å²) < 4.78 is 0. The number of anilines is 1. The Bertz CT molecular complexity index is 1890. The first-order valence-electron chi connectivity index (χ1n) is 12.2. The van der Waals surface area contributed by atoms with Crippen molar-refractivity contribution in [3.8, 4) is 33.2 Å². The Kier molecular flexibility index (Phi) is 5.80. The Morgan fingerprint density at radius 1 is 1.00 bits per heavy atom. The van der Waals surface area contributed by atoms with E-state index in [1.54, 1.807) is 37.9 Å². The highest BCUT2D eigenvalue weighted by molar-refractivity contribution is 7.17. The number of hydrogen-bond donors (Lipinski definition) is 3. The van der Waals surface area contributed by atoms with Crippen LogP contribution >= 0.6 is 11.3 Å². The topological polar surface area (TPSA) is 142 Å². The molecule has 6 aromatic rings. The molecule has 0 aliphatic rings. The first-order valence-corrected chi connectivity index (χ1v) is 13.1. The number of rotatable bonds is 5. The molecule has 6 heterocycles. The number of hydrogen-bond acceptors (Lipinski definition) is 8. The van der Waals surface area contributed by atoms with Crippen molar-refractivity contribution in [3.63, 3.8) is 0 Å². The summed E-state index contributed by atoms with van der Waals surface area (Å²) in [5.74, 6) is 0.504. The van der Waals surface area contributed by atoms with Crippen LogP contribution in [0.2, 0.25) is 0 Å². The minimum Gasteiger partial charge on any atom is -0.335 e. The minimum atomic E-state index is -0.534. The third-order valence-electron chi connectivity index (χ3n) is 6.27. The van der Waals surface area contributed by atoms with E-state index < -0.39 is 5.41 Å². The van der Waals surface area contributed by atoms with Gasteiger partial charge in [0.2, 0.25) is 5.91 Å². The van der Waals surface area contributed by atoms with Crippen LogP contribution in [0.25, 0.3) is 55.2 Å². The maximum absolute atomic E-state index is 12.5. The van der Waals surface area contributed by atoms with Gasteiger partial charge in [-0.1, -0.05) is 20.8 Å². The summed E-state index contributed by atoms with van der Waals surface area (Å²) in [5.41, 5.74) is 5.14. The monoisotopic (exact) mass is 536 g/mol. The largest absolute Gasteiger partial charge is 0.335 e. The molecule has 0 fully saturated rings. The number of H-pyrrole nitrogens is 2. The van der Waals surface area contributed by atoms with Crippen LogP contribution in [-0.2, 0) is 4.79 Å². The van der Waals surface area contributed by atoms with E-state index in [4.69, 9.17) is 4.98 Å². The lowest BCUT2D eigenvalue weighted by molar-refractivity contribution is -0.123. The zero-order valence-electron chi connectivity index (χ0n) is 21.7. The van der Waals surface area contributed by atoms with Crippen LogP contribution in [0.3, 0.4) is 0 Å². The molecule has 6 rings (SSSR count). The van der Waals surface area contributed by atoms with Crippen LogP contribution in [-0.4, -0.2) is 46.8 Å². The molecule has 0 bridgehead atoms. The summed E-state index contributed by atoms with van der Waals surface area (Å²) >= 11 is 1.42. The summed E-state index contributed by atoms with van der Waals surface area (Å²) in [4.78, 5) is 47.4. The van der Waals surface area contributed by atoms with Crippen molar-refractivity contribution in [2.45, 2.75) is 27.7 Å². The number of aromatic amines is 2. The predicted molar refractivity (Wildman–Crippen MR) is 151 cm³/mol. The standard InChI is InChI=1S/C28H24N8O2S/c1-14(37)20-5-6-21(39-20)18-12-30-13-19-23(18)34-26(33-19)25-17-7-8-31-22(24(17)35-36-25)15-9-16(11-29-10-15)32-27(38)28(2,3)4/h5-13H,1-4H3,(H,32,38)(H,33,34)(H,35,36). The normalized spacial score (nSPS) is 11.8. The van der Waals surface area contributed by atoms with Crippen molar-refractivity contribution in [2.24, 2.45) is 5.41 Å². The Labute approximate surface area is 227 Å². The maximum Gasteiger partial charge on any atom is 0.229 e. The molecule has 0 radical (unpaired) electrons. The number of imidazole rings is 1. The molecular weight excluding hydrogens is 512 g/mol. The number of ketones is 1. The molecule has 0 saturated heterocycles. The van der Waals surface area contributed by atoms with E-state index in [0.717, 1.165) is 37.9 Å². The van der Waals surface area contributed by atoms with E-state index in [-0.39, 0.29) is 11.7 Å². The lowest BCUT2D eigenvalue weighted by atomic mass is 9.95. The molecule has 0 unspecified atom stereocenters. The van der Waals surface area contributed by atoms with Crippen molar-refractivity contribution < 1.29 is 9.59 Å². The summed E-state index contributed by atoms with van der Waals surface area (Å²) in [6, 6.07) is 7.46. The zero-order valence-corrected chi connectivity index (χ0v) is 22.5. The fourth-order valence-electron chi connectivity index (χ4n) is 4.20. The quantitative estimate of drug-likeness (QED) is 0.234. The van der Waals surface area contributed by atoms with Crippen LogP contribution in [0.4, 0.5) is 5.69 Å². The van der Waals surface area contributed by atoms with Crippen molar-refractivity contribution in [1.82, 2.24) is 35.1 Å². The van der Waals surface area contributed by atoms with Crippen LogP contribution < -0.4 is 5.32 Å². The summed E-state index contributed by atoms with van der Waals surface area (Å²) in [6.07, 6.45) is 8.50. The number of carbonyl (C=O) groups is 2. The molecular formula is C28H24N8O2S. The van der Waals surface area contributed by atoms with Crippen molar-refractivity contribution in [2.75, 3.05) is 5.32 Å². The number of nitrogens with zero attached hydrogens (tertiary/aromatic N) is 5. The molecule has 0 aliphatic carbocycles. The number of fused-ring (bicyclic) bond motifs is 2. The number of pyridine rings is 3. The summed E-state index contributed by atoms with van der Waals surface area (Å²) in [5, 5.41) is 11.4. The van der Waals surface area contributed by atoms with Gasteiger partial charge in [0.25, 0.3) is 0 Å². The molecule has 10 nitrogen and oxygen atoms in total. The first-order chi connectivity index (χ1) is 18.7. The lowest BCUT2D eigenvalue weighted by Crippen LogP contribution is -2.27. The highest BCUT2D eigenvalue weighted by Crippen LogP contribution is 2.35. The molecule has 11 heteroatoms. The van der Waals surface area contributed by atoms with Crippen molar-refractivity contribution in [1.29, 1.82) is 0 Å². The van der Waals surface area contributed by atoms with Gasteiger partial charge in [0, 0.05) is 45.4 Å². The number of Topliss-reactive ketones (excluding diaryl/α,β-unsaturated/α-hetero) is 1. The highest BCUT2D eigenvalue weighted by Gasteiger charge is 2.22. The second-order valence-electron chi connectivity index (χ2n) is 10.2. The SMILES string of the molecule is CC(=O)c1ccc(-c2cncc3[nH]c(-c4n[nH]c5c(-c6cncc(NC(=O)C(C)(C)C)c6)nccc45)nc23)s1. The smallest absolute Gasteiger partial charge is 0.229 e. The van der Waals surface area contributed by atoms with E-state index in [2.05, 4.69) is 35.5 Å². The van der Waals surface area contributed by atoms with Gasteiger partial charge in [0.05, 0.1) is 39.7 Å². The molecule has 0 atom stereocenters. The molecule has 194 valence electrons. The van der Waals surface area contributed by atoms with Gasteiger partial charge in [-0.15, -0.1) is 11.3 Å². The minimum absolute atomic E-state index is 0.0267. The Balaban J connectivity index is 1.40. The summed E-state index contributed by atoms with van der Waals surface area (Å²) in [7, 11) is 0. The van der Waals surface area contributed by atoms with Gasteiger partial charge in [0.1, 0.15) is 11.2 Å². The first kappa shape index (κ1) is 24.6. The number of amides is 1. The Hall–Kier alpha value is -4.77. The van der Waals surface area contributed by atoms with Gasteiger partial charge in [-0.2, -0.15) is 5.10 Å². The Morgan fingerprint density at radius 3 is 2.59 bits per heavy atom. The van der Waals surface area contributed by atoms with Gasteiger partial charge in [0.15, 0.2) is 11.6 Å². The number of thiophene rings is 1. The van der Waals surface area contributed by atoms with E-state index >= 15 is 0 Å². The van der Waals surface area contributed by atoms with E-state index in [9.17, 15) is 9.59 Å². The summed E-state index contributed by atoms with van der Waals surface area (Å²) in [6.45, 7) is 7.12. The molecule has 39 heavy (non-hydrogen) atoms. The fraction of sp³-hybridized carbons (Fsp3) is 0.179. The van der Waals surface area contributed by atoms with E-state index in [1.807, 2.05) is 45.0 Å². The number of carbonyl (C=O) groups excluding carboxylic acids is 2. The van der Waals surface area contributed by atoms with Crippen molar-refractivity contribution in [3.05, 3.63) is 60.1 Å². The molecule has 0 aromatic carbocycles. The second-order valence-corrected chi connectivity index (χ2v) is 11.3. The van der Waals surface area contributed by atoms with E-state index in [1.165, 1.54) is 11.3 Å². The van der Waals surface area contributed by atoms with Crippen LogP contribution in [0, 0.1) is 5.41 Å². The average molecular weight is 537 g/mol. The van der Waals surface area contributed by atoms with Gasteiger partial charge < -0.3 is 10.3 Å². The molecule has 6 aromatic heterocycles. The highest BCUT2D eigenvalue weighted by atomic mass is 32.1. The van der Waals surface area contributed by atoms with Gasteiger partial charge in [-0.25, -0.2) is 4.98 Å². The maximum atomic E-state index is 12.5. The Morgan fingerprint density at radius 2 is 1.82 bits per heavy atom. The lowest BCUT2D eigenvalue weighted by Gasteiger charge is -2.17. The van der Waals surface area contributed by atoms with E-state index in [0.29, 0.717) is 27.8 Å². The van der Waals surface area contributed by atoms with Crippen LogP contribution in [0.5, 0.6) is 0 Å². The zero-order chi connectivity index (χ0) is 27.3. The van der Waals surface area contributed by atoms with Crippen molar-refractivity contribution >= 4 is 50.7 Å². The van der Waals surface area contributed by atoms with Gasteiger partial charge in [-0.05, 0) is 31.2 Å². The van der Waals surface area contributed by atoms with Gasteiger partial charge >= 0.3 is 0 Å². The third kappa shape index (κ3) is 4.46. The molecule has 0 aliphatic heterocycles. The second kappa shape index (κ2) is 9.21. The molecule has 3 N–H and O–H groups in total.